The minimum atomic E-state index is 0.604. The van der Waals surface area contributed by atoms with E-state index in [2.05, 4.69) is 14.5 Å². The smallest absolute Gasteiger partial charge is 0.158 e. The Labute approximate surface area is 49.7 Å². The molecule has 1 aromatic heterocycles. The molecule has 0 atom stereocenters. The van der Waals surface area contributed by atoms with E-state index in [0.717, 1.165) is 0 Å². The van der Waals surface area contributed by atoms with Gasteiger partial charge in [0, 0.05) is 0 Å². The molecule has 0 unspecified atom stereocenters. The quantitative estimate of drug-likeness (QED) is 0.338. The van der Waals surface area contributed by atoms with Gasteiger partial charge in [-0.3, -0.25) is 0 Å². The Kier molecular flexibility index (Phi) is 1.53. The van der Waals surface area contributed by atoms with Crippen LogP contribution in [0.5, 0.6) is 0 Å². The molecule has 0 amide bonds. The zero-order valence-electron chi connectivity index (χ0n) is 3.85. The van der Waals surface area contributed by atoms with Crippen LogP contribution < -0.4 is 0 Å². The number of aromatic nitrogens is 2. The summed E-state index contributed by atoms with van der Waals surface area (Å²) in [4.78, 5) is 3.70. The van der Waals surface area contributed by atoms with Crippen LogP contribution in [0, 0.1) is 0 Å². The van der Waals surface area contributed by atoms with E-state index in [1.807, 2.05) is 0 Å². The first-order valence-electron chi connectivity index (χ1n) is 1.87. The number of rotatable bonds is 1. The van der Waals surface area contributed by atoms with Crippen LogP contribution in [0.15, 0.2) is 11.5 Å². The van der Waals surface area contributed by atoms with E-state index in [1.54, 1.807) is 0 Å². The van der Waals surface area contributed by atoms with E-state index in [4.69, 9.17) is 5.21 Å². The average molecular weight is 129 g/mol. The van der Waals surface area contributed by atoms with Gasteiger partial charge in [0.05, 0.1) is 0 Å². The van der Waals surface area contributed by atoms with Gasteiger partial charge < -0.3 is 5.21 Å². The Hall–Kier alpha value is -0.970. The second-order valence-electron chi connectivity index (χ2n) is 1.02. The summed E-state index contributed by atoms with van der Waals surface area (Å²) in [5.41, 5.74) is 0. The van der Waals surface area contributed by atoms with Crippen molar-refractivity contribution in [2.45, 2.75) is 0 Å². The van der Waals surface area contributed by atoms with Gasteiger partial charge in [-0.2, -0.15) is 4.37 Å². The first kappa shape index (κ1) is 5.17. The first-order chi connectivity index (χ1) is 3.93. The highest BCUT2D eigenvalue weighted by atomic mass is 32.1. The van der Waals surface area contributed by atoms with Crippen LogP contribution in [0.2, 0.25) is 0 Å². The van der Waals surface area contributed by atoms with Crippen molar-refractivity contribution in [2.75, 3.05) is 0 Å². The van der Waals surface area contributed by atoms with Gasteiger partial charge >= 0.3 is 0 Å². The molecule has 1 aromatic rings. The molecule has 0 saturated carbocycles. The molecule has 0 saturated heterocycles. The highest BCUT2D eigenvalue weighted by Crippen LogP contribution is 1.92. The monoisotopic (exact) mass is 129 g/mol. The van der Waals surface area contributed by atoms with Gasteiger partial charge in [0.1, 0.15) is 12.5 Å². The molecule has 0 spiro atoms. The molecule has 42 valence electrons. The number of hydrogen-bond acceptors (Lipinski definition) is 5. The topological polar surface area (TPSA) is 58.4 Å². The first-order valence-corrected chi connectivity index (χ1v) is 2.65. The Morgan fingerprint density at radius 2 is 2.75 bits per heavy atom. The zero-order valence-corrected chi connectivity index (χ0v) is 4.67. The highest BCUT2D eigenvalue weighted by molar-refractivity contribution is 7.07. The van der Waals surface area contributed by atoms with Crippen molar-refractivity contribution < 1.29 is 5.21 Å². The van der Waals surface area contributed by atoms with Crippen molar-refractivity contribution >= 4 is 17.7 Å². The Bertz CT molecular complexity index is 171. The SMILES string of the molecule is ON=Cc1ncns1. The van der Waals surface area contributed by atoms with Gasteiger partial charge in [-0.05, 0) is 11.5 Å². The van der Waals surface area contributed by atoms with Gasteiger partial charge in [-0.25, -0.2) is 4.98 Å². The second kappa shape index (κ2) is 2.37. The van der Waals surface area contributed by atoms with E-state index < -0.39 is 0 Å². The van der Waals surface area contributed by atoms with E-state index in [9.17, 15) is 0 Å². The summed E-state index contributed by atoms with van der Waals surface area (Å²) in [5.74, 6) is 0. The lowest BCUT2D eigenvalue weighted by molar-refractivity contribution is 0.322. The highest BCUT2D eigenvalue weighted by Gasteiger charge is 1.86. The normalized spacial score (nSPS) is 10.5. The Morgan fingerprint density at radius 3 is 3.25 bits per heavy atom. The molecule has 1 heterocycles. The summed E-state index contributed by atoms with van der Waals surface area (Å²) >= 11 is 1.18. The van der Waals surface area contributed by atoms with E-state index in [0.29, 0.717) is 5.01 Å². The summed E-state index contributed by atoms with van der Waals surface area (Å²) in [6, 6.07) is 0. The lowest BCUT2D eigenvalue weighted by atomic mass is 10.8. The van der Waals surface area contributed by atoms with Crippen molar-refractivity contribution in [1.29, 1.82) is 0 Å². The maximum atomic E-state index is 7.95. The molecule has 4 nitrogen and oxygen atoms in total. The standard InChI is InChI=1S/C3H3N3OS/c7-5-1-3-4-2-6-8-3/h1-2,7H. The summed E-state index contributed by atoms with van der Waals surface area (Å²) < 4.78 is 3.67. The molecule has 0 aromatic carbocycles. The van der Waals surface area contributed by atoms with Crippen LogP contribution in [-0.2, 0) is 0 Å². The number of oxime groups is 1. The third kappa shape index (κ3) is 1.00. The van der Waals surface area contributed by atoms with Gasteiger partial charge in [0.2, 0.25) is 0 Å². The van der Waals surface area contributed by atoms with Crippen LogP contribution in [0.1, 0.15) is 5.01 Å². The molecule has 0 aliphatic rings. The van der Waals surface area contributed by atoms with Crippen molar-refractivity contribution in [2.24, 2.45) is 5.16 Å². The summed E-state index contributed by atoms with van der Waals surface area (Å²) in [7, 11) is 0. The molecular formula is C3H3N3OS. The lowest BCUT2D eigenvalue weighted by Gasteiger charge is -1.70. The molecule has 1 N–H and O–H groups in total. The molecule has 0 aliphatic carbocycles. The van der Waals surface area contributed by atoms with Crippen LogP contribution in [0.25, 0.3) is 0 Å². The molecule has 5 heteroatoms. The molecule has 0 bridgehead atoms. The van der Waals surface area contributed by atoms with Gasteiger partial charge in [0.25, 0.3) is 0 Å². The van der Waals surface area contributed by atoms with Gasteiger partial charge in [0.15, 0.2) is 5.01 Å². The Morgan fingerprint density at radius 1 is 1.88 bits per heavy atom. The van der Waals surface area contributed by atoms with E-state index in [1.165, 1.54) is 24.1 Å². The molecule has 0 fully saturated rings. The van der Waals surface area contributed by atoms with Gasteiger partial charge in [-0.15, -0.1) is 0 Å². The predicted octanol–water partition coefficient (Wildman–Crippen LogP) is 0.346. The second-order valence-corrected chi connectivity index (χ2v) is 1.84. The minimum absolute atomic E-state index is 0.604. The fraction of sp³-hybridized carbons (Fsp3) is 0. The fourth-order valence-corrected chi connectivity index (χ4v) is 0.679. The molecule has 8 heavy (non-hydrogen) atoms. The Balaban J connectivity index is 2.77. The average Bonchev–Trinajstić information content (AvgIpc) is 2.19. The van der Waals surface area contributed by atoms with Crippen LogP contribution in [-0.4, -0.2) is 20.8 Å². The summed E-state index contributed by atoms with van der Waals surface area (Å²) in [6.07, 6.45) is 2.64. The summed E-state index contributed by atoms with van der Waals surface area (Å²) in [6.45, 7) is 0. The van der Waals surface area contributed by atoms with Crippen LogP contribution in [0.3, 0.4) is 0 Å². The van der Waals surface area contributed by atoms with Crippen molar-refractivity contribution in [3.63, 3.8) is 0 Å². The van der Waals surface area contributed by atoms with Gasteiger partial charge in [-0.1, -0.05) is 5.16 Å². The number of hydrogen-bond donors (Lipinski definition) is 1. The largest absolute Gasteiger partial charge is 0.411 e. The van der Waals surface area contributed by atoms with E-state index in [-0.39, 0.29) is 0 Å². The third-order valence-electron chi connectivity index (χ3n) is 0.547. The molecule has 1 rings (SSSR count). The molecule has 0 radical (unpaired) electrons. The zero-order chi connectivity index (χ0) is 5.82. The molecular weight excluding hydrogens is 126 g/mol. The molecule has 0 aliphatic heterocycles. The lowest BCUT2D eigenvalue weighted by Crippen LogP contribution is -1.73. The number of nitrogens with zero attached hydrogens (tertiary/aromatic N) is 3. The van der Waals surface area contributed by atoms with Crippen molar-refractivity contribution in [1.82, 2.24) is 9.36 Å². The third-order valence-corrected chi connectivity index (χ3v) is 1.14. The van der Waals surface area contributed by atoms with Crippen LogP contribution >= 0.6 is 11.5 Å². The predicted molar refractivity (Wildman–Crippen MR) is 29.3 cm³/mol. The summed E-state index contributed by atoms with van der Waals surface area (Å²) in [5, 5.41) is 11.3. The van der Waals surface area contributed by atoms with Crippen molar-refractivity contribution in [3.05, 3.63) is 11.3 Å². The fourth-order valence-electron chi connectivity index (χ4n) is 0.288. The minimum Gasteiger partial charge on any atom is -0.411 e. The maximum Gasteiger partial charge on any atom is 0.158 e. The van der Waals surface area contributed by atoms with E-state index >= 15 is 0 Å². The maximum absolute atomic E-state index is 7.95. The van der Waals surface area contributed by atoms with Crippen LogP contribution in [0.4, 0.5) is 0 Å². The van der Waals surface area contributed by atoms with Crippen molar-refractivity contribution in [3.8, 4) is 0 Å².